The predicted octanol–water partition coefficient (Wildman–Crippen LogP) is 4.68. The fraction of sp³-hybridized carbons (Fsp3) is 0.292. The Morgan fingerprint density at radius 3 is 2.54 bits per heavy atom. The van der Waals surface area contributed by atoms with Gasteiger partial charge in [0.1, 0.15) is 15.7 Å². The predicted molar refractivity (Wildman–Crippen MR) is 135 cm³/mol. The van der Waals surface area contributed by atoms with Crippen molar-refractivity contribution >= 4 is 29.1 Å². The SMILES string of the molecule is CCNC(=O)Nc1cc(-c2nc(C(F)(F)F)c(C(=O)NC3CC3)s2)c(-c2cncc(-c3nnc(C)o3)c2)cn1. The van der Waals surface area contributed by atoms with Crippen LogP contribution in [-0.2, 0) is 6.18 Å². The topological polar surface area (TPSA) is 148 Å². The fourth-order valence-corrected chi connectivity index (χ4v) is 4.65. The van der Waals surface area contributed by atoms with E-state index in [0.29, 0.717) is 53.3 Å². The van der Waals surface area contributed by atoms with Crippen molar-refractivity contribution < 1.29 is 27.2 Å². The molecule has 4 aromatic rings. The number of alkyl halides is 3. The summed E-state index contributed by atoms with van der Waals surface area (Å²) >= 11 is 0.607. The first kappa shape index (κ1) is 26.2. The number of halogens is 3. The van der Waals surface area contributed by atoms with Gasteiger partial charge in [-0.1, -0.05) is 0 Å². The summed E-state index contributed by atoms with van der Waals surface area (Å²) < 4.78 is 47.3. The number of rotatable bonds is 7. The molecule has 5 rings (SSSR count). The number of aryl methyl sites for hydroxylation is 1. The summed E-state index contributed by atoms with van der Waals surface area (Å²) in [5.74, 6) is -0.208. The molecule has 1 fully saturated rings. The Kier molecular flexibility index (Phi) is 6.99. The first-order valence-electron chi connectivity index (χ1n) is 11.8. The largest absolute Gasteiger partial charge is 0.435 e. The number of aromatic nitrogens is 5. The molecule has 0 unspecified atom stereocenters. The molecule has 0 bridgehead atoms. The molecular formula is C24H21F3N8O3S. The van der Waals surface area contributed by atoms with Crippen LogP contribution in [0, 0.1) is 6.92 Å². The van der Waals surface area contributed by atoms with Crippen molar-refractivity contribution in [3.05, 3.63) is 47.2 Å². The normalized spacial score (nSPS) is 13.3. The van der Waals surface area contributed by atoms with Crippen molar-refractivity contribution in [2.75, 3.05) is 11.9 Å². The first-order chi connectivity index (χ1) is 18.6. The molecule has 202 valence electrons. The van der Waals surface area contributed by atoms with Crippen LogP contribution in [0.4, 0.5) is 23.8 Å². The molecule has 0 radical (unpaired) electrons. The molecule has 0 aromatic carbocycles. The molecular weight excluding hydrogens is 537 g/mol. The average molecular weight is 559 g/mol. The van der Waals surface area contributed by atoms with Crippen molar-refractivity contribution in [3.63, 3.8) is 0 Å². The average Bonchev–Trinajstić information content (AvgIpc) is 3.40. The van der Waals surface area contributed by atoms with Crippen LogP contribution < -0.4 is 16.0 Å². The quantitative estimate of drug-likeness (QED) is 0.296. The maximum atomic E-state index is 13.9. The molecule has 39 heavy (non-hydrogen) atoms. The van der Waals surface area contributed by atoms with Crippen LogP contribution >= 0.6 is 11.3 Å². The number of thiazole rings is 1. The van der Waals surface area contributed by atoms with Gasteiger partial charge in [-0.2, -0.15) is 13.2 Å². The number of hydrogen-bond donors (Lipinski definition) is 3. The zero-order valence-corrected chi connectivity index (χ0v) is 21.4. The van der Waals surface area contributed by atoms with E-state index in [1.54, 1.807) is 19.9 Å². The number of nitrogens with zero attached hydrogens (tertiary/aromatic N) is 5. The van der Waals surface area contributed by atoms with Crippen molar-refractivity contribution in [3.8, 4) is 33.2 Å². The van der Waals surface area contributed by atoms with Crippen LogP contribution in [-0.4, -0.2) is 49.7 Å². The van der Waals surface area contributed by atoms with E-state index in [-0.39, 0.29) is 28.3 Å². The van der Waals surface area contributed by atoms with Gasteiger partial charge >= 0.3 is 12.2 Å². The Balaban J connectivity index is 1.63. The molecule has 1 aliphatic rings. The smallest absolute Gasteiger partial charge is 0.421 e. The van der Waals surface area contributed by atoms with E-state index in [4.69, 9.17) is 4.42 Å². The highest BCUT2D eigenvalue weighted by Crippen LogP contribution is 2.41. The number of carbonyl (C=O) groups excluding carboxylic acids is 2. The van der Waals surface area contributed by atoms with E-state index >= 15 is 0 Å². The summed E-state index contributed by atoms with van der Waals surface area (Å²) in [6, 6.07) is 2.38. The second kappa shape index (κ2) is 10.4. The fourth-order valence-electron chi connectivity index (χ4n) is 3.63. The Bertz CT molecular complexity index is 1550. The molecule has 1 saturated carbocycles. The zero-order chi connectivity index (χ0) is 27.7. The molecule has 0 atom stereocenters. The van der Waals surface area contributed by atoms with Gasteiger partial charge in [-0.05, 0) is 31.9 Å². The lowest BCUT2D eigenvalue weighted by Gasteiger charge is -2.11. The second-order valence-corrected chi connectivity index (χ2v) is 9.63. The summed E-state index contributed by atoms with van der Waals surface area (Å²) in [5.41, 5.74) is 0.221. The van der Waals surface area contributed by atoms with Crippen LogP contribution in [0.15, 0.2) is 35.1 Å². The van der Waals surface area contributed by atoms with Gasteiger partial charge in [-0.15, -0.1) is 21.5 Å². The number of nitrogens with one attached hydrogen (secondary N) is 3. The third-order valence-corrected chi connectivity index (χ3v) is 6.64. The van der Waals surface area contributed by atoms with E-state index in [1.807, 2.05) is 0 Å². The molecule has 15 heteroatoms. The lowest BCUT2D eigenvalue weighted by Crippen LogP contribution is -2.28. The van der Waals surface area contributed by atoms with Crippen molar-refractivity contribution in [1.29, 1.82) is 0 Å². The van der Waals surface area contributed by atoms with E-state index in [2.05, 4.69) is 41.1 Å². The number of pyridine rings is 2. The van der Waals surface area contributed by atoms with Gasteiger partial charge in [-0.3, -0.25) is 15.1 Å². The Morgan fingerprint density at radius 1 is 1.10 bits per heavy atom. The lowest BCUT2D eigenvalue weighted by atomic mass is 10.0. The van der Waals surface area contributed by atoms with Gasteiger partial charge < -0.3 is 15.1 Å². The van der Waals surface area contributed by atoms with Gasteiger partial charge in [0.2, 0.25) is 11.8 Å². The van der Waals surface area contributed by atoms with Gasteiger partial charge in [0.25, 0.3) is 5.91 Å². The minimum absolute atomic E-state index is 0.0732. The number of anilines is 1. The monoisotopic (exact) mass is 558 g/mol. The van der Waals surface area contributed by atoms with Crippen LogP contribution in [0.25, 0.3) is 33.2 Å². The minimum Gasteiger partial charge on any atom is -0.421 e. The van der Waals surface area contributed by atoms with E-state index in [9.17, 15) is 22.8 Å². The maximum Gasteiger partial charge on any atom is 0.435 e. The first-order valence-corrected chi connectivity index (χ1v) is 12.6. The highest BCUT2D eigenvalue weighted by Gasteiger charge is 2.41. The molecule has 4 heterocycles. The van der Waals surface area contributed by atoms with Crippen LogP contribution in [0.5, 0.6) is 0 Å². The third kappa shape index (κ3) is 5.87. The third-order valence-electron chi connectivity index (χ3n) is 5.55. The number of amides is 3. The van der Waals surface area contributed by atoms with Crippen LogP contribution in [0.2, 0.25) is 0 Å². The summed E-state index contributed by atoms with van der Waals surface area (Å²) in [6.45, 7) is 3.72. The second-order valence-electron chi connectivity index (χ2n) is 8.63. The van der Waals surface area contributed by atoms with Crippen molar-refractivity contribution in [2.45, 2.75) is 38.9 Å². The molecule has 11 nitrogen and oxygen atoms in total. The molecule has 0 saturated heterocycles. The minimum atomic E-state index is -4.86. The molecule has 1 aliphatic carbocycles. The summed E-state index contributed by atoms with van der Waals surface area (Å²) in [6.07, 6.45) is 0.937. The van der Waals surface area contributed by atoms with E-state index in [0.717, 1.165) is 0 Å². The molecule has 4 aromatic heterocycles. The number of carbonyl (C=O) groups is 2. The zero-order valence-electron chi connectivity index (χ0n) is 20.6. The van der Waals surface area contributed by atoms with Gasteiger partial charge in [-0.25, -0.2) is 14.8 Å². The van der Waals surface area contributed by atoms with Crippen molar-refractivity contribution in [1.82, 2.24) is 35.8 Å². The number of urea groups is 1. The highest BCUT2D eigenvalue weighted by molar-refractivity contribution is 7.17. The van der Waals surface area contributed by atoms with Gasteiger partial charge in [0.15, 0.2) is 5.69 Å². The lowest BCUT2D eigenvalue weighted by molar-refractivity contribution is -0.141. The van der Waals surface area contributed by atoms with Gasteiger partial charge in [0, 0.05) is 54.8 Å². The molecule has 0 spiro atoms. The Labute approximate surface area is 223 Å². The Morgan fingerprint density at radius 2 is 1.87 bits per heavy atom. The summed E-state index contributed by atoms with van der Waals surface area (Å²) in [4.78, 5) is 36.6. The van der Waals surface area contributed by atoms with E-state index < -0.39 is 28.7 Å². The highest BCUT2D eigenvalue weighted by atomic mass is 32.1. The van der Waals surface area contributed by atoms with E-state index in [1.165, 1.54) is 24.7 Å². The molecule has 3 amide bonds. The number of hydrogen-bond acceptors (Lipinski definition) is 9. The van der Waals surface area contributed by atoms with Crippen molar-refractivity contribution in [2.24, 2.45) is 0 Å². The van der Waals surface area contributed by atoms with Crippen LogP contribution in [0.1, 0.15) is 41.0 Å². The molecule has 0 aliphatic heterocycles. The summed E-state index contributed by atoms with van der Waals surface area (Å²) in [5, 5.41) is 15.4. The summed E-state index contributed by atoms with van der Waals surface area (Å²) in [7, 11) is 0. The maximum absolute atomic E-state index is 13.9. The van der Waals surface area contributed by atoms with Gasteiger partial charge in [0.05, 0.1) is 5.56 Å². The molecule has 3 N–H and O–H groups in total. The standard InChI is InChI=1S/C24H21F3N8O3S/c1-3-29-23(37)32-17-7-15(22-33-19(24(25,26)27)18(39-22)20(36)31-14-4-5-14)16(10-30-17)12-6-13(9-28-8-12)21-35-34-11(2)38-21/h6-10,14H,3-5H2,1-2H3,(H,31,36)(H2,29,30,32,37). The van der Waals surface area contributed by atoms with Crippen LogP contribution in [0.3, 0.4) is 0 Å². The Hall–Kier alpha value is -4.40.